The lowest BCUT2D eigenvalue weighted by Gasteiger charge is -2.14. The lowest BCUT2D eigenvalue weighted by molar-refractivity contribution is 0.236. The number of benzene rings is 1. The van der Waals surface area contributed by atoms with Gasteiger partial charge in [0.05, 0.1) is 12.2 Å². The Bertz CT molecular complexity index is 809. The third-order valence-electron chi connectivity index (χ3n) is 4.02. The highest BCUT2D eigenvalue weighted by molar-refractivity contribution is 5.74. The van der Waals surface area contributed by atoms with Crippen LogP contribution in [0.15, 0.2) is 54.9 Å². The number of carbonyl (C=O) groups is 1. The number of phenolic OH excluding ortho intramolecular Hbond substituents is 1. The van der Waals surface area contributed by atoms with Gasteiger partial charge in [-0.2, -0.15) is 0 Å². The summed E-state index contributed by atoms with van der Waals surface area (Å²) in [7, 11) is 0. The van der Waals surface area contributed by atoms with Gasteiger partial charge in [0, 0.05) is 18.4 Å². The number of hydrogen-bond donors (Lipinski definition) is 3. The molecule has 0 fully saturated rings. The van der Waals surface area contributed by atoms with Crippen LogP contribution in [0.2, 0.25) is 0 Å². The quantitative estimate of drug-likeness (QED) is 0.647. The Hall–Kier alpha value is -3.02. The van der Waals surface area contributed by atoms with Crippen LogP contribution in [0.5, 0.6) is 5.75 Å². The molecule has 6 heteroatoms. The summed E-state index contributed by atoms with van der Waals surface area (Å²) in [5, 5.41) is 15.0. The van der Waals surface area contributed by atoms with E-state index < -0.39 is 0 Å². The molecule has 0 saturated heterocycles. The number of pyridine rings is 1. The maximum absolute atomic E-state index is 12.0. The number of imidazole rings is 1. The number of aryl methyl sites for hydroxylation is 1. The van der Waals surface area contributed by atoms with Crippen LogP contribution in [0.1, 0.15) is 24.6 Å². The molecule has 1 atom stereocenters. The Morgan fingerprint density at radius 2 is 2.04 bits per heavy atom. The first-order chi connectivity index (χ1) is 12.1. The van der Waals surface area contributed by atoms with Crippen LogP contribution >= 0.6 is 0 Å². The lowest BCUT2D eigenvalue weighted by atomic mass is 10.1. The monoisotopic (exact) mass is 338 g/mol. The second-order valence-electron chi connectivity index (χ2n) is 6.13. The molecule has 1 aromatic carbocycles. The summed E-state index contributed by atoms with van der Waals surface area (Å²) in [6.07, 6.45) is 5.50. The summed E-state index contributed by atoms with van der Waals surface area (Å²) in [5.41, 5.74) is 2.82. The Morgan fingerprint density at radius 1 is 1.24 bits per heavy atom. The van der Waals surface area contributed by atoms with E-state index in [2.05, 4.69) is 15.6 Å². The molecule has 0 unspecified atom stereocenters. The highest BCUT2D eigenvalue weighted by Crippen LogP contribution is 2.12. The number of aromatic nitrogens is 2. The van der Waals surface area contributed by atoms with Gasteiger partial charge in [-0.25, -0.2) is 9.78 Å². The van der Waals surface area contributed by atoms with Gasteiger partial charge in [0.25, 0.3) is 0 Å². The smallest absolute Gasteiger partial charge is 0.315 e. The number of aromatic hydroxyl groups is 1. The second-order valence-corrected chi connectivity index (χ2v) is 6.13. The summed E-state index contributed by atoms with van der Waals surface area (Å²) in [4.78, 5) is 16.5. The van der Waals surface area contributed by atoms with Gasteiger partial charge >= 0.3 is 6.03 Å². The number of phenols is 1. The van der Waals surface area contributed by atoms with Gasteiger partial charge in [-0.15, -0.1) is 0 Å². The summed E-state index contributed by atoms with van der Waals surface area (Å²) in [6, 6.07) is 12.8. The Kier molecular flexibility index (Phi) is 5.18. The van der Waals surface area contributed by atoms with E-state index >= 15 is 0 Å². The van der Waals surface area contributed by atoms with Crippen molar-refractivity contribution in [1.82, 2.24) is 20.0 Å². The van der Waals surface area contributed by atoms with Crippen LogP contribution in [0.4, 0.5) is 4.79 Å². The number of urea groups is 1. The molecular formula is C19H22N4O2. The molecule has 3 rings (SSSR count). The second kappa shape index (κ2) is 7.70. The molecule has 2 heterocycles. The number of hydrogen-bond acceptors (Lipinski definition) is 3. The average molecular weight is 338 g/mol. The van der Waals surface area contributed by atoms with Gasteiger partial charge in [0.2, 0.25) is 0 Å². The normalized spacial score (nSPS) is 12.0. The summed E-state index contributed by atoms with van der Waals surface area (Å²) in [6.45, 7) is 2.36. The zero-order valence-corrected chi connectivity index (χ0v) is 14.1. The van der Waals surface area contributed by atoms with E-state index in [-0.39, 0.29) is 17.8 Å². The molecular weight excluding hydrogens is 316 g/mol. The molecule has 0 radical (unpaired) electrons. The first kappa shape index (κ1) is 16.8. The van der Waals surface area contributed by atoms with Crippen molar-refractivity contribution in [2.45, 2.75) is 32.4 Å². The van der Waals surface area contributed by atoms with Crippen molar-refractivity contribution in [2.24, 2.45) is 0 Å². The van der Waals surface area contributed by atoms with Crippen molar-refractivity contribution in [2.75, 3.05) is 0 Å². The molecule has 3 N–H and O–H groups in total. The van der Waals surface area contributed by atoms with Gasteiger partial charge in [0.15, 0.2) is 0 Å². The molecule has 0 saturated carbocycles. The van der Waals surface area contributed by atoms with Crippen LogP contribution < -0.4 is 10.6 Å². The minimum atomic E-state index is -0.199. The third kappa shape index (κ3) is 4.73. The van der Waals surface area contributed by atoms with Crippen LogP contribution in [0, 0.1) is 0 Å². The minimum absolute atomic E-state index is 0.0508. The molecule has 0 bridgehead atoms. The predicted molar refractivity (Wildman–Crippen MR) is 96.5 cm³/mol. The zero-order chi connectivity index (χ0) is 17.6. The molecule has 130 valence electrons. The number of nitrogens with zero attached hydrogens (tertiary/aromatic N) is 2. The predicted octanol–water partition coefficient (Wildman–Crippen LogP) is 2.86. The molecule has 0 aliphatic rings. The summed E-state index contributed by atoms with van der Waals surface area (Å²) < 4.78 is 1.93. The number of carbonyl (C=O) groups excluding carboxylic acids is 1. The van der Waals surface area contributed by atoms with Crippen molar-refractivity contribution in [1.29, 1.82) is 0 Å². The Balaban J connectivity index is 1.42. The van der Waals surface area contributed by atoms with E-state index in [0.29, 0.717) is 6.54 Å². The fourth-order valence-corrected chi connectivity index (χ4v) is 2.64. The maximum atomic E-state index is 12.0. The molecule has 0 aliphatic heterocycles. The van der Waals surface area contributed by atoms with Crippen LogP contribution in [0.25, 0.3) is 5.65 Å². The SMILES string of the molecule is C[C@H](CCc1ccc(O)cc1)NC(=O)NCc1cn2ccccc2n1. The van der Waals surface area contributed by atoms with Crippen molar-refractivity contribution in [3.8, 4) is 5.75 Å². The molecule has 2 amide bonds. The minimum Gasteiger partial charge on any atom is -0.508 e. The fraction of sp³-hybridized carbons (Fsp3) is 0.263. The van der Waals surface area contributed by atoms with Crippen molar-refractivity contribution in [3.63, 3.8) is 0 Å². The molecule has 0 aliphatic carbocycles. The van der Waals surface area contributed by atoms with E-state index in [4.69, 9.17) is 0 Å². The van der Waals surface area contributed by atoms with Gasteiger partial charge in [0.1, 0.15) is 11.4 Å². The van der Waals surface area contributed by atoms with Crippen molar-refractivity contribution < 1.29 is 9.90 Å². The van der Waals surface area contributed by atoms with Crippen molar-refractivity contribution in [3.05, 3.63) is 66.1 Å². The van der Waals surface area contributed by atoms with Crippen LogP contribution in [-0.2, 0) is 13.0 Å². The largest absolute Gasteiger partial charge is 0.508 e. The van der Waals surface area contributed by atoms with Crippen LogP contribution in [-0.4, -0.2) is 26.6 Å². The number of fused-ring (bicyclic) bond motifs is 1. The average Bonchev–Trinajstić information content (AvgIpc) is 3.02. The van der Waals surface area contributed by atoms with E-state index in [1.807, 2.05) is 54.0 Å². The van der Waals surface area contributed by atoms with Gasteiger partial charge in [-0.05, 0) is 49.6 Å². The van der Waals surface area contributed by atoms with Gasteiger partial charge < -0.3 is 20.1 Å². The lowest BCUT2D eigenvalue weighted by Crippen LogP contribution is -2.40. The standard InChI is InChI=1S/C19H22N4O2/c1-14(5-6-15-7-9-17(24)10-8-15)21-19(25)20-12-16-13-23-11-3-2-4-18(23)22-16/h2-4,7-11,13-14,24H,5-6,12H2,1H3,(H2,20,21,25)/t14-/m1/s1. The topological polar surface area (TPSA) is 78.7 Å². The highest BCUT2D eigenvalue weighted by Gasteiger charge is 2.08. The van der Waals surface area contributed by atoms with E-state index in [9.17, 15) is 9.90 Å². The van der Waals surface area contributed by atoms with Gasteiger partial charge in [-0.1, -0.05) is 18.2 Å². The fourth-order valence-electron chi connectivity index (χ4n) is 2.64. The Morgan fingerprint density at radius 3 is 2.80 bits per heavy atom. The van der Waals surface area contributed by atoms with Crippen LogP contribution in [0.3, 0.4) is 0 Å². The molecule has 3 aromatic rings. The molecule has 0 spiro atoms. The van der Waals surface area contributed by atoms with E-state index in [1.165, 1.54) is 0 Å². The highest BCUT2D eigenvalue weighted by atomic mass is 16.3. The first-order valence-electron chi connectivity index (χ1n) is 8.35. The number of nitrogens with one attached hydrogen (secondary N) is 2. The van der Waals surface area contributed by atoms with E-state index in [1.54, 1.807) is 12.1 Å². The zero-order valence-electron chi connectivity index (χ0n) is 14.1. The van der Waals surface area contributed by atoms with Crippen molar-refractivity contribution >= 4 is 11.7 Å². The number of amides is 2. The maximum Gasteiger partial charge on any atom is 0.315 e. The van der Waals surface area contributed by atoms with Gasteiger partial charge in [-0.3, -0.25) is 0 Å². The third-order valence-corrected chi connectivity index (χ3v) is 4.02. The summed E-state index contributed by atoms with van der Waals surface area (Å²) >= 11 is 0. The molecule has 2 aromatic heterocycles. The Labute approximate surface area is 146 Å². The summed E-state index contributed by atoms with van der Waals surface area (Å²) in [5.74, 6) is 0.265. The first-order valence-corrected chi connectivity index (χ1v) is 8.35. The number of rotatable bonds is 6. The van der Waals surface area contributed by atoms with E-state index in [0.717, 1.165) is 29.7 Å². The molecule has 25 heavy (non-hydrogen) atoms. The molecule has 6 nitrogen and oxygen atoms in total.